The van der Waals surface area contributed by atoms with Crippen molar-refractivity contribution in [1.29, 1.82) is 0 Å². The Labute approximate surface area is 145 Å². The first kappa shape index (κ1) is 19.2. The largest absolute Gasteiger partial charge is 0.318 e. The van der Waals surface area contributed by atoms with Crippen LogP contribution in [0.3, 0.4) is 0 Å². The predicted molar refractivity (Wildman–Crippen MR) is 98.3 cm³/mol. The molecular weight excluding hydrogens is 317 g/mol. The van der Waals surface area contributed by atoms with Gasteiger partial charge in [0.05, 0.1) is 5.52 Å². The van der Waals surface area contributed by atoms with Gasteiger partial charge in [-0.1, -0.05) is 18.2 Å². The number of nitrogens with one attached hydrogen (secondary N) is 1. The summed E-state index contributed by atoms with van der Waals surface area (Å²) in [5.41, 5.74) is 3.64. The minimum atomic E-state index is 0. The van der Waals surface area contributed by atoms with E-state index >= 15 is 0 Å². The first-order valence-corrected chi connectivity index (χ1v) is 7.52. The number of likely N-dealkylation sites (tertiary alicyclic amines) is 1. The summed E-state index contributed by atoms with van der Waals surface area (Å²) in [7, 11) is 2.04. The van der Waals surface area contributed by atoms with E-state index < -0.39 is 0 Å². The molecule has 0 amide bonds. The van der Waals surface area contributed by atoms with Gasteiger partial charge in [0.2, 0.25) is 0 Å². The number of nitrogens with zero attached hydrogens (tertiary/aromatic N) is 2. The Bertz CT molecular complexity index is 603. The van der Waals surface area contributed by atoms with E-state index in [4.69, 9.17) is 0 Å². The molecule has 0 radical (unpaired) electrons. The van der Waals surface area contributed by atoms with E-state index in [1.54, 1.807) is 0 Å². The normalized spacial score (nSPS) is 18.0. The first-order chi connectivity index (χ1) is 9.78. The van der Waals surface area contributed by atoms with Gasteiger partial charge in [-0.05, 0) is 51.1 Å². The fourth-order valence-electron chi connectivity index (χ4n) is 3.31. The zero-order valence-electron chi connectivity index (χ0n) is 13.2. The van der Waals surface area contributed by atoms with Crippen LogP contribution in [0, 0.1) is 6.92 Å². The third-order valence-corrected chi connectivity index (χ3v) is 4.24. The van der Waals surface area contributed by atoms with Crippen LogP contribution in [0.5, 0.6) is 0 Å². The second-order valence-corrected chi connectivity index (χ2v) is 5.76. The number of aromatic nitrogens is 1. The number of aryl methyl sites for hydroxylation is 1. The molecule has 1 unspecified atom stereocenters. The van der Waals surface area contributed by atoms with Crippen LogP contribution in [0.2, 0.25) is 0 Å². The molecule has 22 heavy (non-hydrogen) atoms. The average Bonchev–Trinajstić information content (AvgIpc) is 2.86. The maximum absolute atomic E-state index is 4.64. The fourth-order valence-corrected chi connectivity index (χ4v) is 3.31. The molecule has 2 aromatic rings. The quantitative estimate of drug-likeness (QED) is 0.921. The molecule has 3 nitrogen and oxygen atoms in total. The third kappa shape index (κ3) is 4.11. The molecule has 1 aliphatic rings. The first-order valence-electron chi connectivity index (χ1n) is 7.52. The van der Waals surface area contributed by atoms with E-state index in [0.29, 0.717) is 6.04 Å². The molecule has 1 aromatic heterocycles. The molecule has 5 heteroatoms. The lowest BCUT2D eigenvalue weighted by atomic mass is 10.1. The van der Waals surface area contributed by atoms with E-state index in [9.17, 15) is 0 Å². The van der Waals surface area contributed by atoms with Gasteiger partial charge >= 0.3 is 0 Å². The van der Waals surface area contributed by atoms with Crippen molar-refractivity contribution in [1.82, 2.24) is 15.2 Å². The molecule has 1 fully saturated rings. The van der Waals surface area contributed by atoms with Crippen molar-refractivity contribution in [2.75, 3.05) is 20.1 Å². The number of hydrogen-bond acceptors (Lipinski definition) is 3. The van der Waals surface area contributed by atoms with Gasteiger partial charge in [0.25, 0.3) is 0 Å². The van der Waals surface area contributed by atoms with Crippen molar-refractivity contribution in [2.24, 2.45) is 0 Å². The lowest BCUT2D eigenvalue weighted by molar-refractivity contribution is 0.243. The summed E-state index contributed by atoms with van der Waals surface area (Å²) in [6.07, 6.45) is 2.62. The number of likely N-dealkylation sites (N-methyl/N-ethyl adjacent to an activating group) is 1. The standard InChI is InChI=1S/C17H23N3.2ClH/c1-13-10-14(16-7-3-4-8-17(16)19-13)12-20-9-5-6-15(20)11-18-2;;/h3-4,7-8,10,15,18H,5-6,9,11-12H2,1-2H3;2*1H. The highest BCUT2D eigenvalue weighted by Crippen LogP contribution is 2.24. The lowest BCUT2D eigenvalue weighted by Gasteiger charge is -2.25. The molecule has 1 N–H and O–H groups in total. The summed E-state index contributed by atoms with van der Waals surface area (Å²) in [4.78, 5) is 7.24. The van der Waals surface area contributed by atoms with Gasteiger partial charge in [-0.15, -0.1) is 24.8 Å². The Morgan fingerprint density at radius 2 is 2.05 bits per heavy atom. The van der Waals surface area contributed by atoms with Crippen molar-refractivity contribution in [2.45, 2.75) is 32.4 Å². The summed E-state index contributed by atoms with van der Waals surface area (Å²) in [5, 5.41) is 4.62. The van der Waals surface area contributed by atoms with Crippen molar-refractivity contribution in [3.05, 3.63) is 41.6 Å². The lowest BCUT2D eigenvalue weighted by Crippen LogP contribution is -2.36. The van der Waals surface area contributed by atoms with Gasteiger partial charge in [0, 0.05) is 30.2 Å². The van der Waals surface area contributed by atoms with E-state index in [1.165, 1.54) is 30.3 Å². The van der Waals surface area contributed by atoms with Gasteiger partial charge in [-0.2, -0.15) is 0 Å². The number of fused-ring (bicyclic) bond motifs is 1. The van der Waals surface area contributed by atoms with Gasteiger partial charge in [0.15, 0.2) is 0 Å². The maximum Gasteiger partial charge on any atom is 0.0708 e. The highest BCUT2D eigenvalue weighted by molar-refractivity contribution is 5.85. The topological polar surface area (TPSA) is 28.2 Å². The van der Waals surface area contributed by atoms with E-state index in [0.717, 1.165) is 24.3 Å². The molecule has 1 aromatic carbocycles. The summed E-state index contributed by atoms with van der Waals surface area (Å²) >= 11 is 0. The van der Waals surface area contributed by atoms with Crippen LogP contribution in [-0.2, 0) is 6.54 Å². The highest BCUT2D eigenvalue weighted by Gasteiger charge is 2.24. The summed E-state index contributed by atoms with van der Waals surface area (Å²) in [6.45, 7) is 5.42. The Morgan fingerprint density at radius 3 is 2.82 bits per heavy atom. The SMILES string of the molecule is CNCC1CCCN1Cc1cc(C)nc2ccccc12.Cl.Cl. The van der Waals surface area contributed by atoms with Crippen LogP contribution in [0.4, 0.5) is 0 Å². The Balaban J connectivity index is 0.00000121. The van der Waals surface area contributed by atoms with Crippen molar-refractivity contribution in [3.8, 4) is 0 Å². The number of para-hydroxylation sites is 1. The molecular formula is C17H25Cl2N3. The number of hydrogen-bond donors (Lipinski definition) is 1. The van der Waals surface area contributed by atoms with Crippen LogP contribution in [-0.4, -0.2) is 36.1 Å². The molecule has 2 heterocycles. The van der Waals surface area contributed by atoms with Gasteiger partial charge in [-0.3, -0.25) is 9.88 Å². The highest BCUT2D eigenvalue weighted by atomic mass is 35.5. The minimum Gasteiger partial charge on any atom is -0.318 e. The van der Waals surface area contributed by atoms with Gasteiger partial charge in [0.1, 0.15) is 0 Å². The van der Waals surface area contributed by atoms with Crippen molar-refractivity contribution in [3.63, 3.8) is 0 Å². The average molecular weight is 342 g/mol. The fraction of sp³-hybridized carbons (Fsp3) is 0.471. The molecule has 0 aliphatic carbocycles. The monoisotopic (exact) mass is 341 g/mol. The van der Waals surface area contributed by atoms with Crippen LogP contribution in [0.1, 0.15) is 24.1 Å². The van der Waals surface area contributed by atoms with Crippen LogP contribution >= 0.6 is 24.8 Å². The zero-order valence-corrected chi connectivity index (χ0v) is 14.8. The van der Waals surface area contributed by atoms with Crippen LogP contribution in [0.25, 0.3) is 10.9 Å². The van der Waals surface area contributed by atoms with Crippen molar-refractivity contribution < 1.29 is 0 Å². The molecule has 0 spiro atoms. The number of pyridine rings is 1. The van der Waals surface area contributed by atoms with E-state index in [-0.39, 0.29) is 24.8 Å². The third-order valence-electron chi connectivity index (χ3n) is 4.24. The molecule has 122 valence electrons. The zero-order chi connectivity index (χ0) is 13.9. The molecule has 0 bridgehead atoms. The Kier molecular flexibility index (Phi) is 7.57. The smallest absolute Gasteiger partial charge is 0.0708 e. The van der Waals surface area contributed by atoms with Crippen LogP contribution < -0.4 is 5.32 Å². The number of benzene rings is 1. The summed E-state index contributed by atoms with van der Waals surface area (Å²) in [5.74, 6) is 0. The van der Waals surface area contributed by atoms with Gasteiger partial charge in [-0.25, -0.2) is 0 Å². The second kappa shape index (κ2) is 8.68. The maximum atomic E-state index is 4.64. The van der Waals surface area contributed by atoms with Gasteiger partial charge < -0.3 is 5.32 Å². The van der Waals surface area contributed by atoms with E-state index in [2.05, 4.69) is 52.5 Å². The summed E-state index contributed by atoms with van der Waals surface area (Å²) in [6, 6.07) is 11.4. The van der Waals surface area contributed by atoms with Crippen LogP contribution in [0.15, 0.2) is 30.3 Å². The number of rotatable bonds is 4. The minimum absolute atomic E-state index is 0. The van der Waals surface area contributed by atoms with E-state index in [1.807, 2.05) is 7.05 Å². The predicted octanol–water partition coefficient (Wildman–Crippen LogP) is 3.57. The summed E-state index contributed by atoms with van der Waals surface area (Å²) < 4.78 is 0. The van der Waals surface area contributed by atoms with Crippen molar-refractivity contribution >= 4 is 35.7 Å². The molecule has 1 saturated heterocycles. The molecule has 1 aliphatic heterocycles. The molecule has 3 rings (SSSR count). The molecule has 0 saturated carbocycles. The second-order valence-electron chi connectivity index (χ2n) is 5.76. The Morgan fingerprint density at radius 1 is 1.27 bits per heavy atom. The Hall–Kier alpha value is -0.870. The number of halogens is 2. The molecule has 1 atom stereocenters.